The molecule has 0 bridgehead atoms. The Bertz CT molecular complexity index is 3090. The highest BCUT2D eigenvalue weighted by Gasteiger charge is 2.44. The van der Waals surface area contributed by atoms with E-state index >= 15 is 0 Å². The first-order valence-corrected chi connectivity index (χ1v) is 26.2. The van der Waals surface area contributed by atoms with E-state index in [1.807, 2.05) is 137 Å². The molecule has 8 rings (SSSR count). The summed E-state index contributed by atoms with van der Waals surface area (Å²) in [7, 11) is 7.37. The van der Waals surface area contributed by atoms with Gasteiger partial charge in [-0.3, -0.25) is 9.79 Å². The van der Waals surface area contributed by atoms with E-state index in [1.54, 1.807) is 41.4 Å². The number of carbonyl (C=O) groups excluding carboxylic acids is 1. The van der Waals surface area contributed by atoms with E-state index in [0.717, 1.165) is 62.1 Å². The van der Waals surface area contributed by atoms with E-state index in [4.69, 9.17) is 9.98 Å². The quantitative estimate of drug-likeness (QED) is 0.0716. The number of nitrogens with zero attached hydrogens (tertiary/aromatic N) is 9. The summed E-state index contributed by atoms with van der Waals surface area (Å²) < 4.78 is 45.5. The minimum Gasteiger partial charge on any atom is -0.394 e. The van der Waals surface area contributed by atoms with Gasteiger partial charge in [-0.15, -0.1) is 0 Å². The van der Waals surface area contributed by atoms with Crippen LogP contribution in [0.3, 0.4) is 0 Å². The smallest absolute Gasteiger partial charge is 0.231 e. The number of fused-ring (bicyclic) bond motifs is 1. The van der Waals surface area contributed by atoms with Gasteiger partial charge in [0.05, 0.1) is 46.5 Å². The maximum atomic E-state index is 14.4. The molecule has 2 unspecified atom stereocenters. The summed E-state index contributed by atoms with van der Waals surface area (Å²) in [4.78, 5) is 40.1. The molecular formula is C61H83F3N12O. The van der Waals surface area contributed by atoms with E-state index in [2.05, 4.69) is 86.7 Å². The van der Waals surface area contributed by atoms with Crippen molar-refractivity contribution in [1.29, 1.82) is 0 Å². The van der Waals surface area contributed by atoms with Crippen molar-refractivity contribution in [2.24, 2.45) is 25.0 Å². The average molecular weight is 1060 g/mol. The molecule has 1 saturated carbocycles. The highest BCUT2D eigenvalue weighted by molar-refractivity contribution is 6.14. The fourth-order valence-corrected chi connectivity index (χ4v) is 7.50. The molecule has 16 heteroatoms. The summed E-state index contributed by atoms with van der Waals surface area (Å²) in [6.07, 6.45) is 11.0. The average Bonchev–Trinajstić information content (AvgIpc) is 3.92. The van der Waals surface area contributed by atoms with E-state index < -0.39 is 29.9 Å². The number of amides is 1. The molecule has 3 N–H and O–H groups in total. The number of alkyl halides is 1. The van der Waals surface area contributed by atoms with Gasteiger partial charge in [-0.2, -0.15) is 8.78 Å². The number of hydrogen-bond donors (Lipinski definition) is 3. The van der Waals surface area contributed by atoms with Crippen molar-refractivity contribution in [3.8, 4) is 0 Å². The number of aromatic nitrogens is 7. The fraction of sp³-hybridized carbons (Fsp3) is 0.361. The summed E-state index contributed by atoms with van der Waals surface area (Å²) in [6, 6.07) is 25.7. The molecule has 2 atom stereocenters. The Morgan fingerprint density at radius 3 is 1.86 bits per heavy atom. The molecule has 1 aliphatic carbocycles. The van der Waals surface area contributed by atoms with Crippen LogP contribution in [0.15, 0.2) is 133 Å². The third-order valence-electron chi connectivity index (χ3n) is 11.8. The van der Waals surface area contributed by atoms with Crippen molar-refractivity contribution in [2.45, 2.75) is 115 Å². The number of pyridine rings is 3. The van der Waals surface area contributed by atoms with E-state index in [-0.39, 0.29) is 19.7 Å². The molecule has 7 aromatic rings. The number of carbonyl (C=O) groups is 1. The molecule has 77 heavy (non-hydrogen) atoms. The third-order valence-corrected chi connectivity index (χ3v) is 11.8. The van der Waals surface area contributed by atoms with E-state index in [0.29, 0.717) is 41.0 Å². The Morgan fingerprint density at radius 2 is 1.34 bits per heavy atom. The zero-order valence-corrected chi connectivity index (χ0v) is 47.2. The zero-order chi connectivity index (χ0) is 56.5. The molecule has 0 radical (unpaired) electrons. The number of halogens is 3. The van der Waals surface area contributed by atoms with Gasteiger partial charge in [-0.1, -0.05) is 137 Å². The lowest BCUT2D eigenvalue weighted by Gasteiger charge is -2.22. The zero-order valence-electron chi connectivity index (χ0n) is 47.2. The molecular weight excluding hydrogens is 974 g/mol. The van der Waals surface area contributed by atoms with Gasteiger partial charge in [0.25, 0.3) is 0 Å². The van der Waals surface area contributed by atoms with E-state index in [1.165, 1.54) is 12.4 Å². The summed E-state index contributed by atoms with van der Waals surface area (Å²) >= 11 is 0. The van der Waals surface area contributed by atoms with Crippen LogP contribution in [0.2, 0.25) is 0 Å². The maximum Gasteiger partial charge on any atom is 0.231 e. The second kappa shape index (κ2) is 33.2. The molecule has 0 spiro atoms. The second-order valence-electron chi connectivity index (χ2n) is 16.6. The van der Waals surface area contributed by atoms with Crippen molar-refractivity contribution in [3.63, 3.8) is 0 Å². The van der Waals surface area contributed by atoms with Crippen LogP contribution >= 0.6 is 0 Å². The third kappa shape index (κ3) is 17.3. The van der Waals surface area contributed by atoms with Crippen LogP contribution in [0.1, 0.15) is 119 Å². The van der Waals surface area contributed by atoms with Crippen molar-refractivity contribution in [1.82, 2.24) is 39.4 Å². The van der Waals surface area contributed by atoms with Crippen LogP contribution in [0.4, 0.5) is 36.2 Å². The topological polar surface area (TPSA) is 143 Å². The molecule has 5 aromatic heterocycles. The fourth-order valence-electron chi connectivity index (χ4n) is 7.50. The highest BCUT2D eigenvalue weighted by Crippen LogP contribution is 2.36. The van der Waals surface area contributed by atoms with Crippen molar-refractivity contribution < 1.29 is 18.0 Å². The SMILES string of the molecule is C.C=CNC.CC.CC.CC.CC/C(C)=C(/C=c1\c(=C(/C)N=C(c2ccccc2)c2ccccc2)ncn1C)Nc1ccnc(F)c1CC.CCc1c(N(C)c2cc3c(ncn3C)c(NC(=O)C3CC3F)n2)ccnc1F. The van der Waals surface area contributed by atoms with Gasteiger partial charge in [0, 0.05) is 80.3 Å². The number of imidazole rings is 2. The van der Waals surface area contributed by atoms with Crippen LogP contribution in [0, 0.1) is 17.8 Å². The Balaban J connectivity index is 0.000000459. The number of anilines is 4. The summed E-state index contributed by atoms with van der Waals surface area (Å²) in [5.41, 5.74) is 9.46. The normalized spacial score (nSPS) is 13.7. The molecule has 1 amide bonds. The molecule has 0 saturated heterocycles. The van der Waals surface area contributed by atoms with Crippen LogP contribution in [0.25, 0.3) is 22.8 Å². The molecule has 414 valence electrons. The van der Waals surface area contributed by atoms with Crippen LogP contribution in [-0.2, 0) is 31.7 Å². The van der Waals surface area contributed by atoms with Crippen molar-refractivity contribution in [2.75, 3.05) is 29.6 Å². The van der Waals surface area contributed by atoms with Crippen LogP contribution in [-0.4, -0.2) is 65.9 Å². The van der Waals surface area contributed by atoms with Gasteiger partial charge in [-0.25, -0.2) is 29.3 Å². The lowest BCUT2D eigenvalue weighted by Crippen LogP contribution is -2.31. The van der Waals surface area contributed by atoms with Crippen LogP contribution < -0.4 is 31.5 Å². The predicted octanol–water partition coefficient (Wildman–Crippen LogP) is 13.0. The van der Waals surface area contributed by atoms with Crippen LogP contribution in [0.5, 0.6) is 0 Å². The second-order valence-corrected chi connectivity index (χ2v) is 16.6. The van der Waals surface area contributed by atoms with E-state index in [9.17, 15) is 18.0 Å². The Morgan fingerprint density at radius 1 is 0.805 bits per heavy atom. The van der Waals surface area contributed by atoms with Gasteiger partial charge in [0.2, 0.25) is 17.8 Å². The minimum absolute atomic E-state index is 0. The number of aliphatic imine (C=N–C) groups is 1. The first-order valence-electron chi connectivity index (χ1n) is 26.2. The summed E-state index contributed by atoms with van der Waals surface area (Å²) in [6.45, 7) is 25.3. The molecule has 1 fully saturated rings. The Kier molecular flexibility index (Phi) is 28.1. The first-order chi connectivity index (χ1) is 36.7. The largest absolute Gasteiger partial charge is 0.394 e. The standard InChI is InChI=1S/C32H34FN5.C19H20F2N6O.C3H7N.3C2H6.CH4/c1-6-22(3)28(37-27-18-19-34-32(33)26(27)7-2)20-29-30(35-21-38(29)5)23(4)36-31(24-14-10-8-11-15-24)25-16-12-9-13-17-25;1-4-10-13(5-6-22-17(10)21)27(3)15-8-14-16(23-9-26(14)2)18(24-15)25-19(28)11-7-12(11)20;1-3-4-2;3*1-2;/h8-21H,6-7H2,1-5H3,(H,34,37);5-6,8-9,11-12H,4,7H2,1-3H3,(H,24,25,28);3-4H,1H2,2H3;3*1-2H3;1H4/b28-22-,29-20+,30-23-;;;;;;. The van der Waals surface area contributed by atoms with Gasteiger partial charge >= 0.3 is 0 Å². The predicted molar refractivity (Wildman–Crippen MR) is 317 cm³/mol. The Labute approximate surface area is 456 Å². The number of hydrogen-bond acceptors (Lipinski definition) is 10. The van der Waals surface area contributed by atoms with Crippen molar-refractivity contribution >= 4 is 57.4 Å². The van der Waals surface area contributed by atoms with Gasteiger partial charge in [0.1, 0.15) is 22.9 Å². The number of nitrogens with one attached hydrogen (secondary N) is 3. The van der Waals surface area contributed by atoms with Crippen molar-refractivity contribution in [3.05, 3.63) is 173 Å². The van der Waals surface area contributed by atoms with Gasteiger partial charge in [0.15, 0.2) is 5.82 Å². The van der Waals surface area contributed by atoms with Gasteiger partial charge in [-0.05, 0) is 69.5 Å². The molecule has 0 aliphatic heterocycles. The van der Waals surface area contributed by atoms with Gasteiger partial charge < -0.3 is 30.0 Å². The number of rotatable bonds is 14. The Hall–Kier alpha value is -7.88. The molecule has 1 aliphatic rings. The number of benzene rings is 2. The lowest BCUT2D eigenvalue weighted by molar-refractivity contribution is -0.117. The molecule has 13 nitrogen and oxygen atoms in total. The monoisotopic (exact) mass is 1060 g/mol. The number of allylic oxidation sites excluding steroid dienone is 2. The molecule has 2 aromatic carbocycles. The first kappa shape index (κ1) is 65.2. The maximum absolute atomic E-state index is 14.4. The lowest BCUT2D eigenvalue weighted by atomic mass is 10.0. The summed E-state index contributed by atoms with van der Waals surface area (Å²) in [5, 5.41) is 10.6. The highest BCUT2D eigenvalue weighted by atomic mass is 19.1. The summed E-state index contributed by atoms with van der Waals surface area (Å²) in [5.74, 6) is -1.25. The number of aryl methyl sites for hydroxylation is 2. The molecule has 5 heterocycles. The minimum atomic E-state index is -1.10.